The minimum atomic E-state index is -3.13. The van der Waals surface area contributed by atoms with Crippen LogP contribution < -0.4 is 11.2 Å². The van der Waals surface area contributed by atoms with Gasteiger partial charge in [0, 0.05) is 12.6 Å². The molecule has 0 amide bonds. The van der Waals surface area contributed by atoms with Crippen molar-refractivity contribution in [1.29, 1.82) is 0 Å². The normalized spacial score (nSPS) is 25.5. The topological polar surface area (TPSA) is 131 Å². The van der Waals surface area contributed by atoms with Gasteiger partial charge in [-0.25, -0.2) is 4.79 Å². The molecule has 2 heterocycles. The van der Waals surface area contributed by atoms with Gasteiger partial charge in [0.05, 0.1) is 12.7 Å². The molecular weight excluding hydrogens is 315 g/mol. The van der Waals surface area contributed by atoms with E-state index in [9.17, 15) is 19.3 Å². The summed E-state index contributed by atoms with van der Waals surface area (Å²) in [6.45, 7) is 1.28. The van der Waals surface area contributed by atoms with Crippen LogP contribution in [0.4, 0.5) is 0 Å². The minimum absolute atomic E-state index is 0.0747. The lowest BCUT2D eigenvalue weighted by Gasteiger charge is -2.15. The average molecular weight is 330 g/mol. The third-order valence-electron chi connectivity index (χ3n) is 3.11. The van der Waals surface area contributed by atoms with Gasteiger partial charge in [0.25, 0.3) is 5.56 Å². The number of aliphatic hydroxyl groups excluding tert-OH is 1. The lowest BCUT2D eigenvalue weighted by atomic mass is 10.2. The van der Waals surface area contributed by atoms with E-state index in [1.807, 2.05) is 0 Å². The van der Waals surface area contributed by atoms with Crippen molar-refractivity contribution in [3.8, 4) is 11.8 Å². The summed E-state index contributed by atoms with van der Waals surface area (Å²) < 4.78 is 21.6. The van der Waals surface area contributed by atoms with Crippen LogP contribution in [0, 0.1) is 11.8 Å². The minimum Gasteiger partial charge on any atom is -0.390 e. The van der Waals surface area contributed by atoms with E-state index in [1.165, 1.54) is 6.20 Å². The molecule has 10 heteroatoms. The molecular formula is C12H15N2O7P. The lowest BCUT2D eigenvalue weighted by molar-refractivity contribution is -0.0412. The molecule has 2 rings (SSSR count). The SMILES string of the molecule is CC#Cc1cn([C@H]2CC(O)[C@@H](CO[PH](=O)O)O2)c(=O)[nH]c1=O. The fraction of sp³-hybridized carbons (Fsp3) is 0.500. The molecule has 0 aromatic carbocycles. The Morgan fingerprint density at radius 2 is 2.32 bits per heavy atom. The Morgan fingerprint density at radius 1 is 1.59 bits per heavy atom. The Balaban J connectivity index is 2.24. The highest BCUT2D eigenvalue weighted by Gasteiger charge is 2.36. The number of aromatic nitrogens is 2. The number of hydrogen-bond acceptors (Lipinski definition) is 6. The summed E-state index contributed by atoms with van der Waals surface area (Å²) >= 11 is 0. The molecule has 0 aliphatic carbocycles. The number of aliphatic hydroxyl groups is 1. The van der Waals surface area contributed by atoms with E-state index in [2.05, 4.69) is 21.3 Å². The molecule has 4 atom stereocenters. The summed E-state index contributed by atoms with van der Waals surface area (Å²) in [5.41, 5.74) is -1.20. The first-order chi connectivity index (χ1) is 10.4. The molecule has 1 aliphatic heterocycles. The number of H-pyrrole nitrogens is 1. The van der Waals surface area contributed by atoms with Crippen LogP contribution in [0.1, 0.15) is 25.1 Å². The second-order valence-electron chi connectivity index (χ2n) is 4.59. The fourth-order valence-electron chi connectivity index (χ4n) is 2.11. The summed E-state index contributed by atoms with van der Waals surface area (Å²) in [7, 11) is -3.13. The van der Waals surface area contributed by atoms with Crippen molar-refractivity contribution in [1.82, 2.24) is 9.55 Å². The molecule has 3 N–H and O–H groups in total. The van der Waals surface area contributed by atoms with Crippen LogP contribution in [0.2, 0.25) is 0 Å². The molecule has 22 heavy (non-hydrogen) atoms. The number of hydrogen-bond donors (Lipinski definition) is 3. The van der Waals surface area contributed by atoms with Gasteiger partial charge in [0.1, 0.15) is 17.9 Å². The van der Waals surface area contributed by atoms with E-state index in [0.29, 0.717) is 0 Å². The predicted octanol–water partition coefficient (Wildman–Crippen LogP) is -1.05. The van der Waals surface area contributed by atoms with Crippen LogP contribution in [-0.2, 0) is 13.8 Å². The second kappa shape index (κ2) is 7.05. The van der Waals surface area contributed by atoms with E-state index in [1.54, 1.807) is 6.92 Å². The number of nitrogens with zero attached hydrogens (tertiary/aromatic N) is 1. The van der Waals surface area contributed by atoms with E-state index < -0.39 is 37.9 Å². The number of nitrogens with one attached hydrogen (secondary N) is 1. The van der Waals surface area contributed by atoms with E-state index in [4.69, 9.17) is 9.63 Å². The van der Waals surface area contributed by atoms with Crippen LogP contribution in [0.5, 0.6) is 0 Å². The molecule has 1 aromatic heterocycles. The maximum atomic E-state index is 11.8. The van der Waals surface area contributed by atoms with Gasteiger partial charge in [-0.2, -0.15) is 0 Å². The summed E-state index contributed by atoms with van der Waals surface area (Å²) in [6, 6.07) is 0. The highest BCUT2D eigenvalue weighted by atomic mass is 31.1. The quantitative estimate of drug-likeness (QED) is 0.474. The van der Waals surface area contributed by atoms with E-state index in [0.717, 1.165) is 4.57 Å². The van der Waals surface area contributed by atoms with Crippen LogP contribution >= 0.6 is 8.25 Å². The van der Waals surface area contributed by atoms with Crippen LogP contribution in [-0.4, -0.2) is 38.4 Å². The largest absolute Gasteiger partial charge is 0.390 e. The number of aromatic amines is 1. The summed E-state index contributed by atoms with van der Waals surface area (Å²) in [5, 5.41) is 9.86. The predicted molar refractivity (Wildman–Crippen MR) is 75.6 cm³/mol. The van der Waals surface area contributed by atoms with Gasteiger partial charge >= 0.3 is 13.9 Å². The second-order valence-corrected chi connectivity index (χ2v) is 5.41. The van der Waals surface area contributed by atoms with Crippen LogP contribution in [0.3, 0.4) is 0 Å². The third-order valence-corrected chi connectivity index (χ3v) is 3.53. The standard InChI is InChI=1S/C12H15N2O7P/c1-2-3-7-5-14(12(17)13-11(7)16)10-4-8(15)9(21-10)6-20-22(18)19/h5,8-10,15,22H,4,6H2,1H3,(H,18,19)(H,13,16,17)/t8?,9-,10-/m1/s1. The van der Waals surface area contributed by atoms with Crippen molar-refractivity contribution >= 4 is 8.25 Å². The molecule has 0 radical (unpaired) electrons. The molecule has 9 nitrogen and oxygen atoms in total. The Kier molecular flexibility index (Phi) is 5.34. The molecule has 1 aliphatic rings. The Hall–Kier alpha value is -1.69. The molecule has 120 valence electrons. The van der Waals surface area contributed by atoms with Gasteiger partial charge in [-0.1, -0.05) is 5.92 Å². The molecule has 0 spiro atoms. The van der Waals surface area contributed by atoms with Crippen LogP contribution in [0.15, 0.2) is 15.8 Å². The molecule has 1 saturated heterocycles. The molecule has 0 saturated carbocycles. The average Bonchev–Trinajstić information content (AvgIpc) is 2.80. The molecule has 0 bridgehead atoms. The zero-order valence-electron chi connectivity index (χ0n) is 11.6. The Bertz CT molecular complexity index is 744. The van der Waals surface area contributed by atoms with Crippen molar-refractivity contribution in [3.05, 3.63) is 32.6 Å². The van der Waals surface area contributed by atoms with Gasteiger partial charge in [0.2, 0.25) is 0 Å². The van der Waals surface area contributed by atoms with Crippen molar-refractivity contribution in [2.75, 3.05) is 6.61 Å². The van der Waals surface area contributed by atoms with Gasteiger partial charge in [-0.05, 0) is 6.92 Å². The van der Waals surface area contributed by atoms with E-state index >= 15 is 0 Å². The molecule has 2 unspecified atom stereocenters. The monoisotopic (exact) mass is 330 g/mol. The maximum absolute atomic E-state index is 11.8. The number of ether oxygens (including phenoxy) is 1. The highest BCUT2D eigenvalue weighted by Crippen LogP contribution is 2.29. The van der Waals surface area contributed by atoms with Crippen molar-refractivity contribution in [3.63, 3.8) is 0 Å². The van der Waals surface area contributed by atoms with Gasteiger partial charge in [-0.3, -0.25) is 18.9 Å². The third kappa shape index (κ3) is 3.74. The Labute approximate surface area is 125 Å². The van der Waals surface area contributed by atoms with Crippen molar-refractivity contribution in [2.45, 2.75) is 31.8 Å². The molecule has 1 aromatic rings. The molecule has 1 fully saturated rings. The van der Waals surface area contributed by atoms with Crippen molar-refractivity contribution in [2.24, 2.45) is 0 Å². The van der Waals surface area contributed by atoms with Crippen molar-refractivity contribution < 1.29 is 23.8 Å². The first kappa shape index (κ1) is 16.7. The zero-order valence-corrected chi connectivity index (χ0v) is 12.6. The smallest absolute Gasteiger partial charge is 0.330 e. The Morgan fingerprint density at radius 3 is 2.95 bits per heavy atom. The van der Waals surface area contributed by atoms with Gasteiger partial charge in [0.15, 0.2) is 0 Å². The first-order valence-electron chi connectivity index (χ1n) is 6.40. The fourth-order valence-corrected chi connectivity index (χ4v) is 2.42. The van der Waals surface area contributed by atoms with E-state index in [-0.39, 0.29) is 18.6 Å². The van der Waals surface area contributed by atoms with Crippen LogP contribution in [0.25, 0.3) is 0 Å². The summed E-state index contributed by atoms with van der Waals surface area (Å²) in [6.07, 6.45) is -1.30. The van der Waals surface area contributed by atoms with Gasteiger partial charge in [-0.15, -0.1) is 5.92 Å². The summed E-state index contributed by atoms with van der Waals surface area (Å²) in [5.74, 6) is 5.12. The summed E-state index contributed by atoms with van der Waals surface area (Å²) in [4.78, 5) is 34.2. The maximum Gasteiger partial charge on any atom is 0.330 e. The number of rotatable bonds is 4. The lowest BCUT2D eigenvalue weighted by Crippen LogP contribution is -2.33. The highest BCUT2D eigenvalue weighted by molar-refractivity contribution is 7.32. The first-order valence-corrected chi connectivity index (χ1v) is 7.66. The van der Waals surface area contributed by atoms with Gasteiger partial charge < -0.3 is 19.3 Å². The zero-order chi connectivity index (χ0) is 16.3.